The van der Waals surface area contributed by atoms with E-state index in [4.69, 9.17) is 11.6 Å². The fourth-order valence-corrected chi connectivity index (χ4v) is 5.70. The highest BCUT2D eigenvalue weighted by Crippen LogP contribution is 2.25. The summed E-state index contributed by atoms with van der Waals surface area (Å²) in [5, 5.41) is -0.743. The van der Waals surface area contributed by atoms with Gasteiger partial charge in [-0.25, -0.2) is 16.8 Å². The summed E-state index contributed by atoms with van der Waals surface area (Å²) in [5.74, 6) is -0.340. The summed E-state index contributed by atoms with van der Waals surface area (Å²) >= 11 is 5.35. The molecule has 0 aliphatic carbocycles. The Morgan fingerprint density at radius 2 is 1.85 bits per heavy atom. The number of hydrogen-bond donors (Lipinski definition) is 0. The van der Waals surface area contributed by atoms with Crippen LogP contribution in [0.3, 0.4) is 0 Å². The van der Waals surface area contributed by atoms with Crippen LogP contribution in [0.4, 0.5) is 0 Å². The fraction of sp³-hybridized carbons (Fsp3) is 0.333. The molecule has 0 unspecified atom stereocenters. The minimum Gasteiger partial charge on any atom is -0.211 e. The Morgan fingerprint density at radius 3 is 2.45 bits per heavy atom. The Bertz CT molecular complexity index is 711. The van der Waals surface area contributed by atoms with Crippen molar-refractivity contribution in [3.63, 3.8) is 0 Å². The van der Waals surface area contributed by atoms with Crippen LogP contribution < -0.4 is 0 Å². The van der Waals surface area contributed by atoms with Crippen molar-refractivity contribution in [1.29, 1.82) is 0 Å². The van der Waals surface area contributed by atoms with Crippen LogP contribution in [-0.2, 0) is 20.0 Å². The Kier molecular flexibility index (Phi) is 4.53. The first-order valence-electron chi connectivity index (χ1n) is 5.90. The Hall–Kier alpha value is -0.890. The summed E-state index contributed by atoms with van der Waals surface area (Å²) in [5.41, 5.74) is 1.72. The molecule has 1 heterocycles. The fourth-order valence-electron chi connectivity index (χ4n) is 2.02. The predicted molar refractivity (Wildman–Crippen MR) is 79.2 cm³/mol. The molecule has 5 nitrogen and oxygen atoms in total. The normalized spacial score (nSPS) is 20.1. The molecule has 0 aromatic heterocycles. The third-order valence-electron chi connectivity index (χ3n) is 3.01. The van der Waals surface area contributed by atoms with Gasteiger partial charge in [-0.3, -0.25) is 0 Å². The van der Waals surface area contributed by atoms with E-state index in [1.54, 1.807) is 6.08 Å². The molecule has 0 spiro atoms. The number of hydrogen-bond acceptors (Lipinski definition) is 4. The van der Waals surface area contributed by atoms with Gasteiger partial charge in [-0.2, -0.15) is 0 Å². The molecule has 1 aromatic carbocycles. The molecular weight excluding hydrogens is 322 g/mol. The van der Waals surface area contributed by atoms with Crippen molar-refractivity contribution in [2.45, 2.75) is 6.42 Å². The van der Waals surface area contributed by atoms with Crippen molar-refractivity contribution in [3.05, 3.63) is 42.0 Å². The van der Waals surface area contributed by atoms with E-state index in [2.05, 4.69) is 0 Å². The first-order valence-corrected chi connectivity index (χ1v) is 9.66. The topological polar surface area (TPSA) is 71.5 Å². The third-order valence-corrected chi connectivity index (χ3v) is 7.67. The first-order chi connectivity index (χ1) is 9.37. The smallest absolute Gasteiger partial charge is 0.211 e. The van der Waals surface area contributed by atoms with Gasteiger partial charge in [-0.05, 0) is 17.6 Å². The summed E-state index contributed by atoms with van der Waals surface area (Å²) < 4.78 is 48.1. The maximum Gasteiger partial charge on any atom is 0.241 e. The number of rotatable bonds is 3. The monoisotopic (exact) mass is 335 g/mol. The predicted octanol–water partition coefficient (Wildman–Crippen LogP) is 1.63. The summed E-state index contributed by atoms with van der Waals surface area (Å²) in [7, 11) is -7.87. The molecule has 0 radical (unpaired) electrons. The van der Waals surface area contributed by atoms with Crippen LogP contribution in [0.15, 0.2) is 36.4 Å². The molecule has 0 bridgehead atoms. The molecule has 1 aromatic rings. The van der Waals surface area contributed by atoms with Crippen molar-refractivity contribution < 1.29 is 16.8 Å². The summed E-state index contributed by atoms with van der Waals surface area (Å²) in [6.07, 6.45) is 1.90. The van der Waals surface area contributed by atoms with Gasteiger partial charge in [0.05, 0.1) is 5.75 Å². The van der Waals surface area contributed by atoms with Crippen LogP contribution >= 0.6 is 11.6 Å². The van der Waals surface area contributed by atoms with E-state index in [0.717, 1.165) is 11.1 Å². The number of nitrogens with zero attached hydrogens (tertiary/aromatic N) is 1. The van der Waals surface area contributed by atoms with E-state index >= 15 is 0 Å². The number of alkyl halides is 1. The van der Waals surface area contributed by atoms with Crippen LogP contribution in [0.1, 0.15) is 12.0 Å². The highest BCUT2D eigenvalue weighted by atomic mass is 35.5. The van der Waals surface area contributed by atoms with Crippen LogP contribution in [0.25, 0.3) is 5.57 Å². The van der Waals surface area contributed by atoms with Crippen molar-refractivity contribution in [3.8, 4) is 0 Å². The van der Waals surface area contributed by atoms with Crippen LogP contribution in [-0.4, -0.2) is 38.1 Å². The molecule has 0 saturated carbocycles. The lowest BCUT2D eigenvalue weighted by molar-refractivity contribution is 0.507. The number of halogens is 1. The highest BCUT2D eigenvalue weighted by Gasteiger charge is 2.34. The Morgan fingerprint density at radius 1 is 1.20 bits per heavy atom. The van der Waals surface area contributed by atoms with Gasteiger partial charge in [0.15, 0.2) is 0 Å². The van der Waals surface area contributed by atoms with Gasteiger partial charge in [0.25, 0.3) is 0 Å². The highest BCUT2D eigenvalue weighted by molar-refractivity contribution is 8.04. The molecule has 0 fully saturated rings. The largest absolute Gasteiger partial charge is 0.241 e. The molecule has 0 saturated heterocycles. The quantitative estimate of drug-likeness (QED) is 0.787. The Balaban J connectivity index is 2.35. The van der Waals surface area contributed by atoms with Crippen LogP contribution in [0, 0.1) is 0 Å². The molecule has 20 heavy (non-hydrogen) atoms. The molecule has 110 valence electrons. The molecule has 0 N–H and O–H groups in total. The lowest BCUT2D eigenvalue weighted by Crippen LogP contribution is -2.38. The van der Waals surface area contributed by atoms with Crippen molar-refractivity contribution in [1.82, 2.24) is 3.71 Å². The lowest BCUT2D eigenvalue weighted by Gasteiger charge is -2.18. The first kappa shape index (κ1) is 15.5. The molecule has 1 aliphatic rings. The zero-order valence-electron chi connectivity index (χ0n) is 10.6. The molecule has 0 atom stereocenters. The van der Waals surface area contributed by atoms with Gasteiger partial charge in [-0.15, -0.1) is 11.6 Å². The summed E-state index contributed by atoms with van der Waals surface area (Å²) in [4.78, 5) is 0. The number of sulfonamides is 2. The van der Waals surface area contributed by atoms with Gasteiger partial charge in [0.1, 0.15) is 5.21 Å². The molecule has 1 aliphatic heterocycles. The van der Waals surface area contributed by atoms with Crippen molar-refractivity contribution in [2.24, 2.45) is 0 Å². The van der Waals surface area contributed by atoms with Gasteiger partial charge >= 0.3 is 0 Å². The molecule has 2 rings (SSSR count). The maximum absolute atomic E-state index is 12.0. The molecule has 8 heteroatoms. The van der Waals surface area contributed by atoms with Gasteiger partial charge in [0, 0.05) is 6.54 Å². The lowest BCUT2D eigenvalue weighted by atomic mass is 10.0. The number of benzene rings is 1. The van der Waals surface area contributed by atoms with E-state index in [9.17, 15) is 16.8 Å². The van der Waals surface area contributed by atoms with Crippen molar-refractivity contribution >= 4 is 37.2 Å². The second kappa shape index (κ2) is 5.85. The SMILES string of the molecule is O=S(=O)(CCl)N1CCC(c2ccccc2)=CCS1(=O)=O. The minimum atomic E-state index is -3.98. The Labute approximate surface area is 124 Å². The van der Waals surface area contributed by atoms with Gasteiger partial charge in [-0.1, -0.05) is 40.1 Å². The molecular formula is C12H14ClNO4S2. The van der Waals surface area contributed by atoms with Crippen LogP contribution in [0.2, 0.25) is 0 Å². The summed E-state index contributed by atoms with van der Waals surface area (Å²) in [6.45, 7) is -0.113. The van der Waals surface area contributed by atoms with Crippen molar-refractivity contribution in [2.75, 3.05) is 17.5 Å². The third kappa shape index (κ3) is 3.22. The zero-order valence-corrected chi connectivity index (χ0v) is 13.0. The maximum atomic E-state index is 12.0. The van der Waals surface area contributed by atoms with E-state index in [0.29, 0.717) is 10.1 Å². The van der Waals surface area contributed by atoms with Gasteiger partial charge in [0.2, 0.25) is 20.0 Å². The second-order valence-electron chi connectivity index (χ2n) is 4.34. The summed E-state index contributed by atoms with van der Waals surface area (Å²) in [6, 6.07) is 9.29. The molecule has 0 amide bonds. The van der Waals surface area contributed by atoms with E-state index in [1.807, 2.05) is 30.3 Å². The average Bonchev–Trinajstić information content (AvgIpc) is 2.58. The van der Waals surface area contributed by atoms with Crippen LogP contribution in [0.5, 0.6) is 0 Å². The van der Waals surface area contributed by atoms with Gasteiger partial charge < -0.3 is 0 Å². The standard InChI is InChI=1S/C12H14ClNO4S2/c13-10-20(17,18)14-8-6-12(7-9-19(14,15)16)11-4-2-1-3-5-11/h1-5,7H,6,8-10H2. The van der Waals surface area contributed by atoms with E-state index < -0.39 is 25.3 Å². The van der Waals surface area contributed by atoms with E-state index in [1.165, 1.54) is 0 Å². The average molecular weight is 336 g/mol. The zero-order chi connectivity index (χ0) is 14.8. The van der Waals surface area contributed by atoms with E-state index in [-0.39, 0.29) is 12.3 Å². The minimum absolute atomic E-state index is 0.113. The second-order valence-corrected chi connectivity index (χ2v) is 8.99.